The minimum absolute atomic E-state index is 0.0474. The van der Waals surface area contributed by atoms with Gasteiger partial charge in [0.05, 0.1) is 18.2 Å². The Morgan fingerprint density at radius 3 is 2.44 bits per heavy atom. The summed E-state index contributed by atoms with van der Waals surface area (Å²) in [7, 11) is 0. The monoisotopic (exact) mass is 440 g/mol. The molecule has 0 radical (unpaired) electrons. The van der Waals surface area contributed by atoms with Gasteiger partial charge in [0, 0.05) is 44.0 Å². The molecule has 8 heteroatoms. The third-order valence-corrected chi connectivity index (χ3v) is 7.98. The molecule has 8 nitrogen and oxygen atoms in total. The number of nitrogens with zero attached hydrogens (tertiary/aromatic N) is 2. The van der Waals surface area contributed by atoms with Crippen molar-refractivity contribution in [3.05, 3.63) is 23.8 Å². The third kappa shape index (κ3) is 3.07. The van der Waals surface area contributed by atoms with E-state index in [9.17, 15) is 14.4 Å². The highest BCUT2D eigenvalue weighted by Crippen LogP contribution is 2.49. The van der Waals surface area contributed by atoms with Crippen molar-refractivity contribution in [1.82, 2.24) is 5.32 Å². The van der Waals surface area contributed by atoms with Gasteiger partial charge in [-0.2, -0.15) is 0 Å². The van der Waals surface area contributed by atoms with E-state index >= 15 is 0 Å². The maximum absolute atomic E-state index is 13.4. The summed E-state index contributed by atoms with van der Waals surface area (Å²) in [5.74, 6) is -0.0852. The lowest BCUT2D eigenvalue weighted by Gasteiger charge is -2.55. The van der Waals surface area contributed by atoms with Crippen molar-refractivity contribution in [1.29, 1.82) is 0 Å². The predicted octanol–water partition coefficient (Wildman–Crippen LogP) is 0.856. The fourth-order valence-electron chi connectivity index (χ4n) is 6.38. The van der Waals surface area contributed by atoms with Gasteiger partial charge >= 0.3 is 0 Å². The summed E-state index contributed by atoms with van der Waals surface area (Å²) >= 11 is 0. The van der Waals surface area contributed by atoms with Crippen LogP contribution in [0.4, 0.5) is 11.4 Å². The maximum Gasteiger partial charge on any atom is 0.242 e. The molecular weight excluding hydrogens is 408 g/mol. The molecule has 1 saturated carbocycles. The zero-order valence-corrected chi connectivity index (χ0v) is 19.1. The lowest BCUT2D eigenvalue weighted by molar-refractivity contribution is -0.151. The molecule has 3 N–H and O–H groups in total. The van der Waals surface area contributed by atoms with Crippen LogP contribution in [0.2, 0.25) is 0 Å². The van der Waals surface area contributed by atoms with E-state index in [1.807, 2.05) is 19.9 Å². The second kappa shape index (κ2) is 7.28. The molecule has 5 rings (SSSR count). The first-order chi connectivity index (χ1) is 15.1. The Bertz CT molecular complexity index is 984. The van der Waals surface area contributed by atoms with E-state index in [4.69, 9.17) is 10.5 Å². The van der Waals surface area contributed by atoms with Gasteiger partial charge in [-0.25, -0.2) is 0 Å². The number of carbonyl (C=O) groups excluding carboxylic acids is 3. The van der Waals surface area contributed by atoms with E-state index in [0.29, 0.717) is 24.4 Å². The zero-order valence-electron chi connectivity index (χ0n) is 19.1. The largest absolute Gasteiger partial charge is 0.372 e. The van der Waals surface area contributed by atoms with E-state index in [1.54, 1.807) is 0 Å². The van der Waals surface area contributed by atoms with Crippen LogP contribution in [0.3, 0.4) is 0 Å². The van der Waals surface area contributed by atoms with Gasteiger partial charge in [-0.15, -0.1) is 0 Å². The van der Waals surface area contributed by atoms with Crippen LogP contribution in [0, 0.1) is 17.3 Å². The number of benzene rings is 1. The molecule has 3 heterocycles. The smallest absolute Gasteiger partial charge is 0.242 e. The van der Waals surface area contributed by atoms with Gasteiger partial charge in [0.15, 0.2) is 0 Å². The van der Waals surface area contributed by atoms with E-state index < -0.39 is 23.3 Å². The molecule has 2 saturated heterocycles. The second-order valence-corrected chi connectivity index (χ2v) is 10.1. The molecule has 0 aromatic heterocycles. The summed E-state index contributed by atoms with van der Waals surface area (Å²) in [6, 6.07) is 6.16. The molecule has 1 unspecified atom stereocenters. The van der Waals surface area contributed by atoms with Crippen LogP contribution in [0.5, 0.6) is 0 Å². The number of Topliss-reactive ketones (excluding diaryl/α,β-unsaturated/α-hetero) is 1. The van der Waals surface area contributed by atoms with Gasteiger partial charge in [-0.3, -0.25) is 19.7 Å². The molecule has 1 aliphatic carbocycles. The fraction of sp³-hybridized carbons (Fsp3) is 0.625. The molecule has 2 amide bonds. The number of fused-ring (bicyclic) bond motifs is 4. The summed E-state index contributed by atoms with van der Waals surface area (Å²) in [6.45, 7) is 9.18. The highest BCUT2D eigenvalue weighted by Gasteiger charge is 2.59. The number of ether oxygens (including phenoxy) is 1. The van der Waals surface area contributed by atoms with E-state index in [-0.39, 0.29) is 24.4 Å². The minimum atomic E-state index is -1.39. The molecule has 172 valence electrons. The van der Waals surface area contributed by atoms with E-state index in [1.165, 1.54) is 13.8 Å². The van der Waals surface area contributed by atoms with E-state index in [0.717, 1.165) is 30.0 Å². The number of imide groups is 1. The predicted molar refractivity (Wildman–Crippen MR) is 120 cm³/mol. The summed E-state index contributed by atoms with van der Waals surface area (Å²) in [4.78, 5) is 42.8. The minimum Gasteiger partial charge on any atom is -0.372 e. The molecule has 0 spiro atoms. The fourth-order valence-corrected chi connectivity index (χ4v) is 6.38. The number of rotatable bonds is 3. The molecule has 3 fully saturated rings. The Morgan fingerprint density at radius 2 is 1.81 bits per heavy atom. The highest BCUT2D eigenvalue weighted by atomic mass is 16.5. The topological polar surface area (TPSA) is 105 Å². The van der Waals surface area contributed by atoms with E-state index in [2.05, 4.69) is 27.2 Å². The Hall–Kier alpha value is -2.45. The van der Waals surface area contributed by atoms with Gasteiger partial charge in [0.1, 0.15) is 11.2 Å². The van der Waals surface area contributed by atoms with Crippen molar-refractivity contribution in [2.24, 2.45) is 23.0 Å². The van der Waals surface area contributed by atoms with Crippen LogP contribution in [0.15, 0.2) is 18.2 Å². The molecule has 1 aromatic carbocycles. The van der Waals surface area contributed by atoms with Crippen molar-refractivity contribution in [2.45, 2.75) is 58.4 Å². The summed E-state index contributed by atoms with van der Waals surface area (Å²) in [5.41, 5.74) is 7.88. The first-order valence-corrected chi connectivity index (χ1v) is 11.5. The lowest BCUT2D eigenvalue weighted by atomic mass is 9.65. The van der Waals surface area contributed by atoms with Crippen LogP contribution < -0.4 is 20.9 Å². The number of nitrogens with one attached hydrogen (secondary N) is 1. The average molecular weight is 441 g/mol. The summed E-state index contributed by atoms with van der Waals surface area (Å²) < 4.78 is 6.11. The van der Waals surface area contributed by atoms with Gasteiger partial charge in [0.25, 0.3) is 0 Å². The van der Waals surface area contributed by atoms with Crippen LogP contribution in [-0.4, -0.2) is 61.5 Å². The zero-order chi connectivity index (χ0) is 22.9. The van der Waals surface area contributed by atoms with Crippen LogP contribution in [0.25, 0.3) is 0 Å². The van der Waals surface area contributed by atoms with Gasteiger partial charge < -0.3 is 20.3 Å². The number of amides is 2. The molecule has 7 atom stereocenters. The SMILES string of the molecule is CC(=O)NC(=O)[C@]1(C(C)=O)Cc2ccc(N3C[C@@H]4C(N)[C@@H]4C3)cc2N2C[C@@H](C)O[C@@H](C)[C@@H]21. The number of morpholine rings is 1. The normalized spacial score (nSPS) is 37.3. The van der Waals surface area contributed by atoms with Gasteiger partial charge in [-0.05, 0) is 56.7 Å². The van der Waals surface area contributed by atoms with Crippen LogP contribution in [0.1, 0.15) is 33.3 Å². The number of hydrogen-bond acceptors (Lipinski definition) is 7. The Balaban J connectivity index is 1.57. The van der Waals surface area contributed by atoms with Gasteiger partial charge in [0.2, 0.25) is 11.8 Å². The molecule has 4 aliphatic rings. The number of piperidine rings is 1. The van der Waals surface area contributed by atoms with Crippen LogP contribution >= 0.6 is 0 Å². The number of carbonyl (C=O) groups is 3. The maximum atomic E-state index is 13.4. The lowest BCUT2D eigenvalue weighted by Crippen LogP contribution is -2.69. The Labute approximate surface area is 188 Å². The number of hydrogen-bond donors (Lipinski definition) is 2. The Kier molecular flexibility index (Phi) is 4.87. The summed E-state index contributed by atoms with van der Waals surface area (Å²) in [6.07, 6.45) is -0.153. The molecule has 1 aromatic rings. The molecule has 3 aliphatic heterocycles. The summed E-state index contributed by atoms with van der Waals surface area (Å²) in [5, 5.41) is 2.40. The quantitative estimate of drug-likeness (QED) is 0.672. The number of ketones is 1. The highest BCUT2D eigenvalue weighted by molar-refractivity contribution is 6.11. The van der Waals surface area contributed by atoms with Gasteiger partial charge in [-0.1, -0.05) is 6.07 Å². The first kappa shape index (κ1) is 21.4. The molecule has 0 bridgehead atoms. The van der Waals surface area contributed by atoms with Crippen molar-refractivity contribution in [2.75, 3.05) is 29.4 Å². The number of anilines is 2. The standard InChI is InChI=1S/C24H32N4O4/c1-12-9-28-20-7-17(27-10-18-19(11-27)21(18)25)6-5-16(20)8-24(14(3)29,22(28)13(2)32-12)23(31)26-15(4)30/h5-7,12-13,18-19,21-22H,8-11,25H2,1-4H3,(H,26,30,31)/t12-,13+,18-,19+,21?,22-,24+/m1/s1. The van der Waals surface area contributed by atoms with Crippen molar-refractivity contribution >= 4 is 29.0 Å². The van der Waals surface area contributed by atoms with Crippen molar-refractivity contribution in [3.8, 4) is 0 Å². The second-order valence-electron chi connectivity index (χ2n) is 10.1. The molecular formula is C24H32N4O4. The van der Waals surface area contributed by atoms with Crippen LogP contribution in [-0.2, 0) is 25.5 Å². The first-order valence-electron chi connectivity index (χ1n) is 11.5. The third-order valence-electron chi connectivity index (χ3n) is 7.98. The van der Waals surface area contributed by atoms with Crippen molar-refractivity contribution < 1.29 is 19.1 Å². The Morgan fingerprint density at radius 1 is 1.12 bits per heavy atom. The molecule has 32 heavy (non-hydrogen) atoms. The average Bonchev–Trinajstić information content (AvgIpc) is 3.10. The van der Waals surface area contributed by atoms with Crippen molar-refractivity contribution in [3.63, 3.8) is 0 Å². The number of nitrogens with two attached hydrogens (primary N) is 1.